The molecule has 19 heavy (non-hydrogen) atoms. The Hall–Kier alpha value is -1.76. The van der Waals surface area contributed by atoms with Crippen LogP contribution in [-0.2, 0) is 20.6 Å². The van der Waals surface area contributed by atoms with Crippen molar-refractivity contribution in [2.24, 2.45) is 14.1 Å². The minimum absolute atomic E-state index is 0.141. The van der Waals surface area contributed by atoms with Gasteiger partial charge in [0, 0.05) is 30.8 Å². The topological polar surface area (TPSA) is 61.1 Å². The SMILES string of the molecule is COc1cc(CNC(=O)c2cc(Br)cn2C)nn1C. The van der Waals surface area contributed by atoms with Crippen LogP contribution >= 0.6 is 15.9 Å². The molecule has 0 saturated carbocycles. The largest absolute Gasteiger partial charge is 0.481 e. The second-order valence-electron chi connectivity index (χ2n) is 4.14. The summed E-state index contributed by atoms with van der Waals surface area (Å²) in [6, 6.07) is 3.57. The number of carbonyl (C=O) groups is 1. The summed E-state index contributed by atoms with van der Waals surface area (Å²) in [6.45, 7) is 0.360. The zero-order valence-corrected chi connectivity index (χ0v) is 12.6. The molecule has 102 valence electrons. The molecule has 0 bridgehead atoms. The second kappa shape index (κ2) is 5.48. The first-order chi connectivity index (χ1) is 9.01. The molecule has 1 N–H and O–H groups in total. The van der Waals surface area contributed by atoms with Crippen molar-refractivity contribution in [2.75, 3.05) is 7.11 Å². The fourth-order valence-electron chi connectivity index (χ4n) is 1.80. The molecule has 0 radical (unpaired) electrons. The highest BCUT2D eigenvalue weighted by molar-refractivity contribution is 9.10. The third kappa shape index (κ3) is 2.98. The van der Waals surface area contributed by atoms with E-state index in [9.17, 15) is 4.79 Å². The van der Waals surface area contributed by atoms with Crippen molar-refractivity contribution in [2.45, 2.75) is 6.54 Å². The van der Waals surface area contributed by atoms with E-state index < -0.39 is 0 Å². The van der Waals surface area contributed by atoms with E-state index in [0.717, 1.165) is 10.2 Å². The molecule has 2 aromatic heterocycles. The fourth-order valence-corrected chi connectivity index (χ4v) is 2.32. The molecular weight excluding hydrogens is 312 g/mol. The molecule has 7 heteroatoms. The molecule has 6 nitrogen and oxygen atoms in total. The molecular formula is C12H15BrN4O2. The van der Waals surface area contributed by atoms with Crippen LogP contribution in [0.5, 0.6) is 5.88 Å². The molecule has 0 aliphatic rings. The maximum atomic E-state index is 12.0. The van der Waals surface area contributed by atoms with Crippen molar-refractivity contribution < 1.29 is 9.53 Å². The zero-order chi connectivity index (χ0) is 14.0. The Bertz CT molecular complexity index is 603. The number of hydrogen-bond donors (Lipinski definition) is 1. The Kier molecular flexibility index (Phi) is 3.94. The van der Waals surface area contributed by atoms with Crippen molar-refractivity contribution in [3.05, 3.63) is 34.2 Å². The van der Waals surface area contributed by atoms with E-state index in [1.54, 1.807) is 35.5 Å². The Morgan fingerprint density at radius 2 is 2.21 bits per heavy atom. The highest BCUT2D eigenvalue weighted by Crippen LogP contribution is 2.14. The van der Waals surface area contributed by atoms with E-state index in [4.69, 9.17) is 4.74 Å². The van der Waals surface area contributed by atoms with E-state index in [1.165, 1.54) is 0 Å². The normalized spacial score (nSPS) is 10.5. The lowest BCUT2D eigenvalue weighted by Crippen LogP contribution is -2.25. The summed E-state index contributed by atoms with van der Waals surface area (Å²) in [4.78, 5) is 12.0. The van der Waals surface area contributed by atoms with Crippen LogP contribution in [0.3, 0.4) is 0 Å². The monoisotopic (exact) mass is 326 g/mol. The van der Waals surface area contributed by atoms with Gasteiger partial charge >= 0.3 is 0 Å². The van der Waals surface area contributed by atoms with E-state index in [0.29, 0.717) is 18.1 Å². The molecule has 0 aliphatic carbocycles. The number of aryl methyl sites for hydroxylation is 2. The standard InChI is InChI=1S/C12H15BrN4O2/c1-16-7-8(13)4-10(16)12(18)14-6-9-5-11(19-3)17(2)15-9/h4-5,7H,6H2,1-3H3,(H,14,18). The number of nitrogens with zero attached hydrogens (tertiary/aromatic N) is 3. The fraction of sp³-hybridized carbons (Fsp3) is 0.333. The predicted molar refractivity (Wildman–Crippen MR) is 74.0 cm³/mol. The first-order valence-corrected chi connectivity index (χ1v) is 6.47. The quantitative estimate of drug-likeness (QED) is 0.925. The van der Waals surface area contributed by atoms with Gasteiger partial charge in [0.15, 0.2) is 0 Å². The number of ether oxygens (including phenoxy) is 1. The molecule has 0 saturated heterocycles. The number of halogens is 1. The first kappa shape index (κ1) is 13.7. The number of aromatic nitrogens is 3. The summed E-state index contributed by atoms with van der Waals surface area (Å²) in [5.41, 5.74) is 1.34. The lowest BCUT2D eigenvalue weighted by molar-refractivity contribution is 0.0942. The molecule has 0 atom stereocenters. The maximum absolute atomic E-state index is 12.0. The molecule has 0 aromatic carbocycles. The number of carbonyl (C=O) groups excluding carboxylic acids is 1. The van der Waals surface area contributed by atoms with Crippen LogP contribution in [0, 0.1) is 0 Å². The average molecular weight is 327 g/mol. The summed E-state index contributed by atoms with van der Waals surface area (Å²) < 4.78 is 9.38. The molecule has 0 spiro atoms. The van der Waals surface area contributed by atoms with E-state index in [-0.39, 0.29) is 5.91 Å². The van der Waals surface area contributed by atoms with Gasteiger partial charge in [0.25, 0.3) is 5.91 Å². The maximum Gasteiger partial charge on any atom is 0.268 e. The van der Waals surface area contributed by atoms with Crippen LogP contribution in [0.2, 0.25) is 0 Å². The van der Waals surface area contributed by atoms with Crippen molar-refractivity contribution in [3.63, 3.8) is 0 Å². The highest BCUT2D eigenvalue weighted by Gasteiger charge is 2.12. The Balaban J connectivity index is 2.02. The van der Waals surface area contributed by atoms with Gasteiger partial charge < -0.3 is 14.6 Å². The number of hydrogen-bond acceptors (Lipinski definition) is 3. The summed E-state index contributed by atoms with van der Waals surface area (Å²) in [7, 11) is 5.20. The zero-order valence-electron chi connectivity index (χ0n) is 11.0. The van der Waals surface area contributed by atoms with Crippen molar-refractivity contribution in [1.29, 1.82) is 0 Å². The summed E-state index contributed by atoms with van der Waals surface area (Å²) in [6.07, 6.45) is 1.83. The summed E-state index contributed by atoms with van der Waals surface area (Å²) in [5, 5.41) is 7.06. The summed E-state index contributed by atoms with van der Waals surface area (Å²) >= 11 is 3.34. The second-order valence-corrected chi connectivity index (χ2v) is 5.05. The van der Waals surface area contributed by atoms with Crippen molar-refractivity contribution >= 4 is 21.8 Å². The molecule has 2 rings (SSSR count). The number of rotatable bonds is 4. The predicted octanol–water partition coefficient (Wildman–Crippen LogP) is 1.46. The van der Waals surface area contributed by atoms with Crippen LogP contribution < -0.4 is 10.1 Å². The number of amides is 1. The Morgan fingerprint density at radius 1 is 1.47 bits per heavy atom. The van der Waals surface area contributed by atoms with Crippen LogP contribution in [0.1, 0.15) is 16.2 Å². The van der Waals surface area contributed by atoms with Gasteiger partial charge in [-0.1, -0.05) is 0 Å². The molecule has 2 aromatic rings. The van der Waals surface area contributed by atoms with Gasteiger partial charge in [-0.25, -0.2) is 4.68 Å². The van der Waals surface area contributed by atoms with Gasteiger partial charge in [-0.3, -0.25) is 4.79 Å². The van der Waals surface area contributed by atoms with Crippen molar-refractivity contribution in [3.8, 4) is 5.88 Å². The first-order valence-electron chi connectivity index (χ1n) is 5.68. The lowest BCUT2D eigenvalue weighted by atomic mass is 10.3. The van der Waals surface area contributed by atoms with Crippen molar-refractivity contribution in [1.82, 2.24) is 19.7 Å². The lowest BCUT2D eigenvalue weighted by Gasteiger charge is -2.03. The van der Waals surface area contributed by atoms with Gasteiger partial charge in [-0.05, 0) is 22.0 Å². The molecule has 2 heterocycles. The molecule has 0 aliphatic heterocycles. The van der Waals surface area contributed by atoms with Crippen LogP contribution in [0.15, 0.2) is 22.8 Å². The van der Waals surface area contributed by atoms with E-state index in [1.807, 2.05) is 13.2 Å². The van der Waals surface area contributed by atoms with E-state index >= 15 is 0 Å². The van der Waals surface area contributed by atoms with Gasteiger partial charge in [0.1, 0.15) is 5.69 Å². The van der Waals surface area contributed by atoms with E-state index in [2.05, 4.69) is 26.3 Å². The molecule has 0 fully saturated rings. The number of nitrogens with one attached hydrogen (secondary N) is 1. The third-order valence-corrected chi connectivity index (χ3v) is 3.16. The van der Waals surface area contributed by atoms with Gasteiger partial charge in [0.2, 0.25) is 5.88 Å². The van der Waals surface area contributed by atoms with Gasteiger partial charge in [-0.2, -0.15) is 5.10 Å². The smallest absolute Gasteiger partial charge is 0.268 e. The van der Waals surface area contributed by atoms with Crippen LogP contribution in [0.4, 0.5) is 0 Å². The minimum atomic E-state index is -0.141. The molecule has 1 amide bonds. The number of methoxy groups -OCH3 is 1. The van der Waals surface area contributed by atoms with Crippen LogP contribution in [-0.4, -0.2) is 27.4 Å². The highest BCUT2D eigenvalue weighted by atomic mass is 79.9. The Labute approximate surface area is 119 Å². The average Bonchev–Trinajstić information content (AvgIpc) is 2.89. The minimum Gasteiger partial charge on any atom is -0.481 e. The third-order valence-electron chi connectivity index (χ3n) is 2.73. The van der Waals surface area contributed by atoms with Gasteiger partial charge in [-0.15, -0.1) is 0 Å². The Morgan fingerprint density at radius 3 is 2.74 bits per heavy atom. The summed E-state index contributed by atoms with van der Waals surface area (Å²) in [5.74, 6) is 0.517. The molecule has 0 unspecified atom stereocenters. The van der Waals surface area contributed by atoms with Gasteiger partial charge in [0.05, 0.1) is 19.3 Å². The van der Waals surface area contributed by atoms with Crippen LogP contribution in [0.25, 0.3) is 0 Å².